The highest BCUT2D eigenvalue weighted by Gasteiger charge is 2.26. The Kier molecular flexibility index (Phi) is 3.95. The van der Waals surface area contributed by atoms with Crippen LogP contribution in [0.1, 0.15) is 19.7 Å². The molecule has 88 valence electrons. The van der Waals surface area contributed by atoms with Crippen molar-refractivity contribution in [1.29, 1.82) is 0 Å². The van der Waals surface area contributed by atoms with Crippen LogP contribution in [0.2, 0.25) is 0 Å². The third kappa shape index (κ3) is 3.27. The van der Waals surface area contributed by atoms with E-state index in [0.717, 1.165) is 0 Å². The standard InChI is InChI=1S/C11H18N4O/c1-8-13-6-5-9(14-8)15-10(16)11(2,3)7-12-4/h5-6,12H,7H2,1-4H3,(H,13,14,15,16). The fourth-order valence-electron chi connectivity index (χ4n) is 1.33. The van der Waals surface area contributed by atoms with Gasteiger partial charge in [0.15, 0.2) is 0 Å². The Labute approximate surface area is 95.7 Å². The number of amides is 1. The van der Waals surface area contributed by atoms with Crippen molar-refractivity contribution in [2.24, 2.45) is 5.41 Å². The Morgan fingerprint density at radius 1 is 1.50 bits per heavy atom. The van der Waals surface area contributed by atoms with Crippen molar-refractivity contribution >= 4 is 11.7 Å². The lowest BCUT2D eigenvalue weighted by Gasteiger charge is -2.22. The highest BCUT2D eigenvalue weighted by atomic mass is 16.2. The number of aromatic nitrogens is 2. The van der Waals surface area contributed by atoms with E-state index in [9.17, 15) is 4.79 Å². The SMILES string of the molecule is CNCC(C)(C)C(=O)Nc1ccnc(C)n1. The van der Waals surface area contributed by atoms with Gasteiger partial charge in [-0.25, -0.2) is 9.97 Å². The van der Waals surface area contributed by atoms with E-state index in [0.29, 0.717) is 18.2 Å². The van der Waals surface area contributed by atoms with Gasteiger partial charge in [-0.3, -0.25) is 4.79 Å². The second-order valence-electron chi connectivity index (χ2n) is 4.36. The van der Waals surface area contributed by atoms with Gasteiger partial charge in [0.1, 0.15) is 11.6 Å². The maximum absolute atomic E-state index is 11.9. The first-order valence-corrected chi connectivity index (χ1v) is 5.21. The molecule has 1 rings (SSSR count). The molecule has 0 unspecified atom stereocenters. The first-order valence-electron chi connectivity index (χ1n) is 5.21. The molecular formula is C11H18N4O. The highest BCUT2D eigenvalue weighted by Crippen LogP contribution is 2.16. The lowest BCUT2D eigenvalue weighted by molar-refractivity contribution is -0.123. The number of nitrogens with zero attached hydrogens (tertiary/aromatic N) is 2. The summed E-state index contributed by atoms with van der Waals surface area (Å²) in [5.41, 5.74) is -0.465. The summed E-state index contributed by atoms with van der Waals surface area (Å²) in [5.74, 6) is 1.13. The molecule has 1 aromatic heterocycles. The summed E-state index contributed by atoms with van der Waals surface area (Å²) in [7, 11) is 1.82. The molecule has 0 saturated carbocycles. The summed E-state index contributed by atoms with van der Waals surface area (Å²) in [6.07, 6.45) is 1.63. The van der Waals surface area contributed by atoms with Crippen molar-refractivity contribution < 1.29 is 4.79 Å². The third-order valence-corrected chi connectivity index (χ3v) is 2.25. The minimum absolute atomic E-state index is 0.0556. The molecule has 0 aromatic carbocycles. The number of nitrogens with one attached hydrogen (secondary N) is 2. The maximum atomic E-state index is 11.9. The van der Waals surface area contributed by atoms with E-state index in [2.05, 4.69) is 20.6 Å². The Bertz CT molecular complexity index is 376. The summed E-state index contributed by atoms with van der Waals surface area (Å²) in [6, 6.07) is 1.68. The normalized spacial score (nSPS) is 11.2. The molecule has 5 nitrogen and oxygen atoms in total. The quantitative estimate of drug-likeness (QED) is 0.796. The molecule has 0 aliphatic rings. The maximum Gasteiger partial charge on any atom is 0.232 e. The zero-order valence-electron chi connectivity index (χ0n) is 10.2. The van der Waals surface area contributed by atoms with Crippen molar-refractivity contribution in [3.8, 4) is 0 Å². The summed E-state index contributed by atoms with van der Waals surface area (Å²) >= 11 is 0. The molecule has 5 heteroatoms. The van der Waals surface area contributed by atoms with Gasteiger partial charge in [0.25, 0.3) is 0 Å². The fourth-order valence-corrected chi connectivity index (χ4v) is 1.33. The van der Waals surface area contributed by atoms with Crippen LogP contribution in [0.4, 0.5) is 5.82 Å². The molecular weight excluding hydrogens is 204 g/mol. The molecule has 1 heterocycles. The first kappa shape index (κ1) is 12.6. The minimum atomic E-state index is -0.465. The smallest absolute Gasteiger partial charge is 0.232 e. The zero-order valence-corrected chi connectivity index (χ0v) is 10.2. The molecule has 16 heavy (non-hydrogen) atoms. The van der Waals surface area contributed by atoms with Crippen LogP contribution in [0, 0.1) is 12.3 Å². The predicted octanol–water partition coefficient (Wildman–Crippen LogP) is 0.969. The molecule has 0 spiro atoms. The van der Waals surface area contributed by atoms with Crippen molar-refractivity contribution in [2.45, 2.75) is 20.8 Å². The Hall–Kier alpha value is -1.49. The monoisotopic (exact) mass is 222 g/mol. The molecule has 0 radical (unpaired) electrons. The summed E-state index contributed by atoms with van der Waals surface area (Å²) < 4.78 is 0. The van der Waals surface area contributed by atoms with Gasteiger partial charge < -0.3 is 10.6 Å². The van der Waals surface area contributed by atoms with Crippen LogP contribution in [-0.2, 0) is 4.79 Å². The second-order valence-corrected chi connectivity index (χ2v) is 4.36. The van der Waals surface area contributed by atoms with Gasteiger partial charge in [0, 0.05) is 12.7 Å². The third-order valence-electron chi connectivity index (χ3n) is 2.25. The van der Waals surface area contributed by atoms with Crippen LogP contribution < -0.4 is 10.6 Å². The number of hydrogen-bond donors (Lipinski definition) is 2. The van der Waals surface area contributed by atoms with Gasteiger partial charge in [-0.1, -0.05) is 0 Å². The summed E-state index contributed by atoms with van der Waals surface area (Å²) in [5, 5.41) is 5.77. The molecule has 0 fully saturated rings. The topological polar surface area (TPSA) is 66.9 Å². The van der Waals surface area contributed by atoms with Crippen LogP contribution in [0.3, 0.4) is 0 Å². The van der Waals surface area contributed by atoms with E-state index < -0.39 is 5.41 Å². The van der Waals surface area contributed by atoms with E-state index in [4.69, 9.17) is 0 Å². The zero-order chi connectivity index (χ0) is 12.2. The van der Waals surface area contributed by atoms with Gasteiger partial charge in [-0.15, -0.1) is 0 Å². The highest BCUT2D eigenvalue weighted by molar-refractivity contribution is 5.94. The number of rotatable bonds is 4. The molecule has 1 aromatic rings. The van der Waals surface area contributed by atoms with E-state index in [1.165, 1.54) is 0 Å². The molecule has 0 bridgehead atoms. The van der Waals surface area contributed by atoms with E-state index in [1.54, 1.807) is 19.2 Å². The van der Waals surface area contributed by atoms with Gasteiger partial charge in [0.05, 0.1) is 5.41 Å². The summed E-state index contributed by atoms with van der Waals surface area (Å²) in [4.78, 5) is 20.0. The molecule has 0 saturated heterocycles. The van der Waals surface area contributed by atoms with Crippen molar-refractivity contribution in [2.75, 3.05) is 18.9 Å². The van der Waals surface area contributed by atoms with Crippen molar-refractivity contribution in [3.63, 3.8) is 0 Å². The molecule has 2 N–H and O–H groups in total. The van der Waals surface area contributed by atoms with Gasteiger partial charge in [0.2, 0.25) is 5.91 Å². The number of hydrogen-bond acceptors (Lipinski definition) is 4. The van der Waals surface area contributed by atoms with E-state index >= 15 is 0 Å². The fraction of sp³-hybridized carbons (Fsp3) is 0.545. The number of carbonyl (C=O) groups excluding carboxylic acids is 1. The van der Waals surface area contributed by atoms with Crippen LogP contribution in [0.5, 0.6) is 0 Å². The Morgan fingerprint density at radius 2 is 2.19 bits per heavy atom. The predicted molar refractivity (Wildman–Crippen MR) is 63.1 cm³/mol. The molecule has 1 amide bonds. The van der Waals surface area contributed by atoms with Gasteiger partial charge >= 0.3 is 0 Å². The summed E-state index contributed by atoms with van der Waals surface area (Å²) in [6.45, 7) is 6.16. The second kappa shape index (κ2) is 5.03. The van der Waals surface area contributed by atoms with Gasteiger partial charge in [-0.2, -0.15) is 0 Å². The van der Waals surface area contributed by atoms with Crippen LogP contribution in [0.25, 0.3) is 0 Å². The average molecular weight is 222 g/mol. The molecule has 0 aliphatic carbocycles. The number of anilines is 1. The van der Waals surface area contributed by atoms with Crippen LogP contribution in [0.15, 0.2) is 12.3 Å². The molecule has 0 atom stereocenters. The van der Waals surface area contributed by atoms with E-state index in [-0.39, 0.29) is 5.91 Å². The number of aryl methyl sites for hydroxylation is 1. The number of carbonyl (C=O) groups is 1. The molecule has 0 aliphatic heterocycles. The lowest BCUT2D eigenvalue weighted by atomic mass is 9.92. The van der Waals surface area contributed by atoms with Gasteiger partial charge in [-0.05, 0) is 33.9 Å². The van der Waals surface area contributed by atoms with Crippen molar-refractivity contribution in [3.05, 3.63) is 18.1 Å². The average Bonchev–Trinajstić information content (AvgIpc) is 2.17. The van der Waals surface area contributed by atoms with E-state index in [1.807, 2.05) is 20.9 Å². The largest absolute Gasteiger partial charge is 0.319 e. The van der Waals surface area contributed by atoms with Crippen molar-refractivity contribution in [1.82, 2.24) is 15.3 Å². The Balaban J connectivity index is 2.71. The van der Waals surface area contributed by atoms with Crippen LogP contribution in [-0.4, -0.2) is 29.5 Å². The first-order chi connectivity index (χ1) is 7.45. The minimum Gasteiger partial charge on any atom is -0.319 e. The Morgan fingerprint density at radius 3 is 2.75 bits per heavy atom. The lowest BCUT2D eigenvalue weighted by Crippen LogP contribution is -2.38. The van der Waals surface area contributed by atoms with Crippen LogP contribution >= 0.6 is 0 Å².